The Morgan fingerprint density at radius 3 is 2.67 bits per heavy atom. The molecule has 1 unspecified atom stereocenters. The van der Waals surface area contributed by atoms with Crippen LogP contribution in [-0.2, 0) is 0 Å². The Kier molecular flexibility index (Phi) is 4.50. The van der Waals surface area contributed by atoms with E-state index < -0.39 is 4.92 Å². The van der Waals surface area contributed by atoms with Crippen molar-refractivity contribution in [3.63, 3.8) is 0 Å². The van der Waals surface area contributed by atoms with Crippen LogP contribution in [0, 0.1) is 10.1 Å². The molecule has 8 heteroatoms. The van der Waals surface area contributed by atoms with Crippen molar-refractivity contribution in [2.24, 2.45) is 0 Å². The summed E-state index contributed by atoms with van der Waals surface area (Å²) in [6.45, 7) is 1.81. The molecule has 1 atom stereocenters. The molecule has 21 heavy (non-hydrogen) atoms. The third-order valence-electron chi connectivity index (χ3n) is 2.87. The molecule has 1 heterocycles. The summed E-state index contributed by atoms with van der Waals surface area (Å²) in [6, 6.07) is 7.44. The van der Waals surface area contributed by atoms with Crippen LogP contribution >= 0.6 is 23.2 Å². The minimum absolute atomic E-state index is 0.0958. The highest BCUT2D eigenvalue weighted by molar-refractivity contribution is 6.35. The minimum Gasteiger partial charge on any atom is -0.384 e. The molecule has 0 saturated heterocycles. The third kappa shape index (κ3) is 3.53. The first-order valence-corrected chi connectivity index (χ1v) is 6.76. The van der Waals surface area contributed by atoms with Gasteiger partial charge < -0.3 is 11.1 Å². The summed E-state index contributed by atoms with van der Waals surface area (Å²) in [7, 11) is 0. The lowest BCUT2D eigenvalue weighted by molar-refractivity contribution is -0.384. The number of nitrogens with zero attached hydrogens (tertiary/aromatic N) is 2. The molecule has 0 bridgehead atoms. The number of aromatic nitrogens is 1. The number of nitrogen functional groups attached to an aromatic ring is 1. The maximum absolute atomic E-state index is 11.0. The number of rotatable bonds is 4. The van der Waals surface area contributed by atoms with Crippen molar-refractivity contribution in [1.82, 2.24) is 4.98 Å². The molecule has 3 N–H and O–H groups in total. The van der Waals surface area contributed by atoms with Gasteiger partial charge in [0, 0.05) is 16.1 Å². The first-order chi connectivity index (χ1) is 9.88. The van der Waals surface area contributed by atoms with Gasteiger partial charge in [0.1, 0.15) is 5.82 Å². The van der Waals surface area contributed by atoms with Crippen LogP contribution < -0.4 is 11.1 Å². The number of nitro groups is 1. The Hall–Kier alpha value is -2.05. The van der Waals surface area contributed by atoms with Crippen LogP contribution in [0.15, 0.2) is 30.3 Å². The Labute approximate surface area is 131 Å². The number of pyridine rings is 1. The first kappa shape index (κ1) is 15.3. The van der Waals surface area contributed by atoms with Crippen LogP contribution in [-0.4, -0.2) is 9.91 Å². The van der Waals surface area contributed by atoms with Crippen LogP contribution in [0.5, 0.6) is 0 Å². The van der Waals surface area contributed by atoms with E-state index in [1.807, 2.05) is 6.92 Å². The monoisotopic (exact) mass is 326 g/mol. The van der Waals surface area contributed by atoms with Gasteiger partial charge in [-0.1, -0.05) is 29.3 Å². The average molecular weight is 327 g/mol. The normalized spacial score (nSPS) is 12.0. The van der Waals surface area contributed by atoms with Gasteiger partial charge in [0.25, 0.3) is 0 Å². The Bertz CT molecular complexity index is 694. The Morgan fingerprint density at radius 1 is 1.33 bits per heavy atom. The van der Waals surface area contributed by atoms with Gasteiger partial charge in [0.15, 0.2) is 0 Å². The molecule has 2 aromatic rings. The average Bonchev–Trinajstić information content (AvgIpc) is 2.37. The van der Waals surface area contributed by atoms with Gasteiger partial charge in [-0.2, -0.15) is 0 Å². The van der Waals surface area contributed by atoms with Crippen molar-refractivity contribution >= 4 is 40.5 Å². The number of hydrogen-bond donors (Lipinski definition) is 2. The molecular weight excluding hydrogens is 315 g/mol. The highest BCUT2D eigenvalue weighted by Gasteiger charge is 2.19. The highest BCUT2D eigenvalue weighted by Crippen LogP contribution is 2.31. The molecule has 0 saturated carbocycles. The fourth-order valence-electron chi connectivity index (χ4n) is 1.86. The van der Waals surface area contributed by atoms with E-state index >= 15 is 0 Å². The van der Waals surface area contributed by atoms with Crippen LogP contribution in [0.2, 0.25) is 10.0 Å². The second-order valence-corrected chi connectivity index (χ2v) is 5.24. The fourth-order valence-corrected chi connectivity index (χ4v) is 2.43. The topological polar surface area (TPSA) is 94.1 Å². The summed E-state index contributed by atoms with van der Waals surface area (Å²) >= 11 is 12.0. The quantitative estimate of drug-likeness (QED) is 0.652. The summed E-state index contributed by atoms with van der Waals surface area (Å²) < 4.78 is 0. The molecule has 0 amide bonds. The van der Waals surface area contributed by atoms with Gasteiger partial charge >= 0.3 is 5.69 Å². The fraction of sp³-hybridized carbons (Fsp3) is 0.154. The molecule has 0 aliphatic rings. The number of nitrogens with one attached hydrogen (secondary N) is 1. The van der Waals surface area contributed by atoms with E-state index in [0.29, 0.717) is 10.0 Å². The molecule has 1 aromatic heterocycles. The lowest BCUT2D eigenvalue weighted by atomic mass is 10.1. The smallest absolute Gasteiger partial charge is 0.311 e. The van der Waals surface area contributed by atoms with Crippen molar-refractivity contribution in [3.8, 4) is 0 Å². The predicted octanol–water partition coefficient (Wildman–Crippen LogP) is 4.05. The molecule has 0 radical (unpaired) electrons. The molecule has 6 nitrogen and oxygen atoms in total. The lowest BCUT2D eigenvalue weighted by Crippen LogP contribution is -2.11. The van der Waals surface area contributed by atoms with E-state index in [-0.39, 0.29) is 23.4 Å². The van der Waals surface area contributed by atoms with Crippen molar-refractivity contribution < 1.29 is 4.92 Å². The van der Waals surface area contributed by atoms with Crippen molar-refractivity contribution in [3.05, 3.63) is 56.1 Å². The SMILES string of the molecule is CC(Nc1nc(N)ccc1[N+](=O)[O-])c1ccc(Cl)cc1Cl. The maximum atomic E-state index is 11.0. The zero-order chi connectivity index (χ0) is 15.6. The standard InChI is InChI=1S/C13H12Cl2N4O2/c1-7(9-3-2-8(14)6-10(9)15)17-13-11(19(20)21)4-5-12(16)18-13/h2-7H,1H3,(H3,16,17,18). The number of hydrogen-bond acceptors (Lipinski definition) is 5. The van der Waals surface area contributed by atoms with E-state index in [2.05, 4.69) is 10.3 Å². The summed E-state index contributed by atoms with van der Waals surface area (Å²) in [5.41, 5.74) is 6.17. The first-order valence-electron chi connectivity index (χ1n) is 6.01. The maximum Gasteiger partial charge on any atom is 0.311 e. The van der Waals surface area contributed by atoms with E-state index in [0.717, 1.165) is 5.56 Å². The number of benzene rings is 1. The zero-order valence-corrected chi connectivity index (χ0v) is 12.5. The molecule has 0 aliphatic heterocycles. The zero-order valence-electron chi connectivity index (χ0n) is 11.0. The van der Waals surface area contributed by atoms with Crippen LogP contribution in [0.4, 0.5) is 17.3 Å². The predicted molar refractivity (Wildman–Crippen MR) is 83.8 cm³/mol. The van der Waals surface area contributed by atoms with Gasteiger partial charge in [-0.05, 0) is 30.7 Å². The van der Waals surface area contributed by atoms with Crippen LogP contribution in [0.3, 0.4) is 0 Å². The van der Waals surface area contributed by atoms with Crippen LogP contribution in [0.25, 0.3) is 0 Å². The third-order valence-corrected chi connectivity index (χ3v) is 3.44. The Balaban J connectivity index is 2.33. The molecule has 0 spiro atoms. The molecule has 2 rings (SSSR count). The van der Waals surface area contributed by atoms with Crippen molar-refractivity contribution in [2.45, 2.75) is 13.0 Å². The van der Waals surface area contributed by atoms with Crippen molar-refractivity contribution in [1.29, 1.82) is 0 Å². The molecule has 110 valence electrons. The van der Waals surface area contributed by atoms with Crippen LogP contribution in [0.1, 0.15) is 18.5 Å². The molecular formula is C13H12Cl2N4O2. The van der Waals surface area contributed by atoms with E-state index in [1.54, 1.807) is 18.2 Å². The van der Waals surface area contributed by atoms with Gasteiger partial charge in [0.05, 0.1) is 11.0 Å². The minimum atomic E-state index is -0.523. The van der Waals surface area contributed by atoms with E-state index in [1.165, 1.54) is 12.1 Å². The summed E-state index contributed by atoms with van der Waals surface area (Å²) in [6.07, 6.45) is 0. The van der Waals surface area contributed by atoms with E-state index in [9.17, 15) is 10.1 Å². The molecule has 0 aliphatic carbocycles. The lowest BCUT2D eigenvalue weighted by Gasteiger charge is -2.16. The number of anilines is 2. The number of halogens is 2. The van der Waals surface area contributed by atoms with Crippen molar-refractivity contribution in [2.75, 3.05) is 11.1 Å². The Morgan fingerprint density at radius 2 is 2.05 bits per heavy atom. The van der Waals surface area contributed by atoms with E-state index in [4.69, 9.17) is 28.9 Å². The highest BCUT2D eigenvalue weighted by atomic mass is 35.5. The summed E-state index contributed by atoms with van der Waals surface area (Å²) in [5, 5.41) is 14.9. The largest absolute Gasteiger partial charge is 0.384 e. The van der Waals surface area contributed by atoms with Gasteiger partial charge in [-0.3, -0.25) is 10.1 Å². The second kappa shape index (κ2) is 6.15. The molecule has 0 fully saturated rings. The van der Waals surface area contributed by atoms with Gasteiger partial charge in [0.2, 0.25) is 5.82 Å². The van der Waals surface area contributed by atoms with Gasteiger partial charge in [-0.25, -0.2) is 4.98 Å². The molecule has 1 aromatic carbocycles. The number of nitrogens with two attached hydrogens (primary N) is 1. The summed E-state index contributed by atoms with van der Waals surface area (Å²) in [4.78, 5) is 14.4. The summed E-state index contributed by atoms with van der Waals surface area (Å²) in [5.74, 6) is 0.288. The van der Waals surface area contributed by atoms with Gasteiger partial charge in [-0.15, -0.1) is 0 Å². The second-order valence-electron chi connectivity index (χ2n) is 4.39.